The molecule has 0 aliphatic carbocycles. The van der Waals surface area contributed by atoms with E-state index < -0.39 is 0 Å². The molecule has 0 spiro atoms. The third-order valence-corrected chi connectivity index (χ3v) is 5.23. The van der Waals surface area contributed by atoms with Crippen LogP contribution in [0.15, 0.2) is 41.2 Å². The summed E-state index contributed by atoms with van der Waals surface area (Å²) in [5, 5.41) is 10.5. The summed E-state index contributed by atoms with van der Waals surface area (Å²) in [6, 6.07) is 12.7. The van der Waals surface area contributed by atoms with Gasteiger partial charge in [-0.25, -0.2) is 4.68 Å². The average Bonchev–Trinajstić information content (AvgIpc) is 3.19. The van der Waals surface area contributed by atoms with Gasteiger partial charge in [-0.3, -0.25) is 19.9 Å². The molecule has 1 aromatic carbocycles. The Hall–Kier alpha value is -2.60. The molecule has 6 nitrogen and oxygen atoms in total. The maximum Gasteiger partial charge on any atom is 0.276 e. The molecule has 4 rings (SSSR count). The number of aromatic amines is 2. The zero-order valence-corrected chi connectivity index (χ0v) is 15.3. The molecule has 136 valence electrons. The Labute approximate surface area is 152 Å². The third-order valence-electron chi connectivity index (χ3n) is 5.23. The van der Waals surface area contributed by atoms with Crippen molar-refractivity contribution in [2.75, 3.05) is 13.1 Å². The van der Waals surface area contributed by atoms with Crippen LogP contribution in [-0.2, 0) is 6.54 Å². The Balaban J connectivity index is 1.47. The fourth-order valence-corrected chi connectivity index (χ4v) is 3.85. The topological polar surface area (TPSA) is 69.7 Å². The van der Waals surface area contributed by atoms with E-state index in [1.54, 1.807) is 0 Å². The van der Waals surface area contributed by atoms with E-state index in [-0.39, 0.29) is 11.6 Å². The zero-order valence-electron chi connectivity index (χ0n) is 15.3. The lowest BCUT2D eigenvalue weighted by Crippen LogP contribution is -2.37. The SMILES string of the molecule is Cc1cc(-c2c(C)[nH]n(C3CCN(Cc4ccccc4)CC3)c2=O)n[nH]1. The number of hydrogen-bond donors (Lipinski definition) is 2. The van der Waals surface area contributed by atoms with Crippen LogP contribution in [0, 0.1) is 13.8 Å². The van der Waals surface area contributed by atoms with E-state index in [4.69, 9.17) is 0 Å². The average molecular weight is 351 g/mol. The molecule has 1 aliphatic rings. The van der Waals surface area contributed by atoms with Crippen LogP contribution in [-0.4, -0.2) is 38.0 Å². The van der Waals surface area contributed by atoms with E-state index in [1.165, 1.54) is 5.56 Å². The van der Waals surface area contributed by atoms with E-state index >= 15 is 0 Å². The number of nitrogens with one attached hydrogen (secondary N) is 2. The molecular formula is C20H25N5O. The third kappa shape index (κ3) is 3.24. The Morgan fingerprint density at radius 3 is 2.54 bits per heavy atom. The molecule has 26 heavy (non-hydrogen) atoms. The van der Waals surface area contributed by atoms with Crippen molar-refractivity contribution in [2.24, 2.45) is 0 Å². The van der Waals surface area contributed by atoms with Crippen LogP contribution in [0.5, 0.6) is 0 Å². The summed E-state index contributed by atoms with van der Waals surface area (Å²) in [5.41, 5.74) is 4.63. The molecule has 1 saturated heterocycles. The summed E-state index contributed by atoms with van der Waals surface area (Å²) < 4.78 is 1.81. The maximum atomic E-state index is 12.9. The number of nitrogens with zero attached hydrogens (tertiary/aromatic N) is 3. The zero-order chi connectivity index (χ0) is 18.1. The number of rotatable bonds is 4. The molecule has 3 aromatic rings. The highest BCUT2D eigenvalue weighted by molar-refractivity contribution is 5.60. The van der Waals surface area contributed by atoms with Gasteiger partial charge in [-0.05, 0) is 38.3 Å². The quantitative estimate of drug-likeness (QED) is 0.759. The van der Waals surface area contributed by atoms with Gasteiger partial charge in [0.15, 0.2) is 0 Å². The number of hydrogen-bond acceptors (Lipinski definition) is 3. The summed E-state index contributed by atoms with van der Waals surface area (Å²) >= 11 is 0. The first-order valence-electron chi connectivity index (χ1n) is 9.21. The van der Waals surface area contributed by atoms with Crippen molar-refractivity contribution in [1.82, 2.24) is 24.9 Å². The molecule has 0 radical (unpaired) electrons. The lowest BCUT2D eigenvalue weighted by atomic mass is 10.0. The predicted molar refractivity (Wildman–Crippen MR) is 102 cm³/mol. The first-order valence-corrected chi connectivity index (χ1v) is 9.21. The molecular weight excluding hydrogens is 326 g/mol. The molecule has 1 fully saturated rings. The lowest BCUT2D eigenvalue weighted by Gasteiger charge is -2.32. The van der Waals surface area contributed by atoms with Crippen LogP contribution in [0.3, 0.4) is 0 Å². The first kappa shape index (κ1) is 16.8. The number of piperidine rings is 1. The van der Waals surface area contributed by atoms with Gasteiger partial charge < -0.3 is 0 Å². The number of benzene rings is 1. The van der Waals surface area contributed by atoms with E-state index in [0.717, 1.165) is 49.6 Å². The minimum absolute atomic E-state index is 0.0375. The Bertz CT molecular complexity index is 929. The van der Waals surface area contributed by atoms with E-state index in [9.17, 15) is 4.79 Å². The second-order valence-corrected chi connectivity index (χ2v) is 7.22. The van der Waals surface area contributed by atoms with Crippen LogP contribution in [0.4, 0.5) is 0 Å². The van der Waals surface area contributed by atoms with Crippen LogP contribution in [0.25, 0.3) is 11.3 Å². The molecule has 1 aliphatic heterocycles. The maximum absolute atomic E-state index is 12.9. The molecule has 2 N–H and O–H groups in total. The minimum Gasteiger partial charge on any atom is -0.299 e. The second kappa shape index (κ2) is 6.96. The highest BCUT2D eigenvalue weighted by atomic mass is 16.1. The van der Waals surface area contributed by atoms with Gasteiger partial charge in [0.05, 0.1) is 17.3 Å². The second-order valence-electron chi connectivity index (χ2n) is 7.22. The van der Waals surface area contributed by atoms with Crippen molar-refractivity contribution in [1.29, 1.82) is 0 Å². The van der Waals surface area contributed by atoms with E-state index in [1.807, 2.05) is 30.7 Å². The highest BCUT2D eigenvalue weighted by Gasteiger charge is 2.25. The van der Waals surface area contributed by atoms with Gasteiger partial charge in [-0.15, -0.1) is 0 Å². The lowest BCUT2D eigenvalue weighted by molar-refractivity contribution is 0.171. The van der Waals surface area contributed by atoms with Crippen molar-refractivity contribution in [3.8, 4) is 11.3 Å². The molecule has 0 atom stereocenters. The normalized spacial score (nSPS) is 16.2. The fraction of sp³-hybridized carbons (Fsp3) is 0.400. The largest absolute Gasteiger partial charge is 0.299 e. The van der Waals surface area contributed by atoms with Gasteiger partial charge in [0.2, 0.25) is 0 Å². The molecule has 3 heterocycles. The molecule has 0 unspecified atom stereocenters. The molecule has 0 amide bonds. The molecule has 2 aromatic heterocycles. The highest BCUT2D eigenvalue weighted by Crippen LogP contribution is 2.24. The van der Waals surface area contributed by atoms with Crippen LogP contribution < -0.4 is 5.56 Å². The Morgan fingerprint density at radius 1 is 1.15 bits per heavy atom. The van der Waals surface area contributed by atoms with Crippen LogP contribution >= 0.6 is 0 Å². The fourth-order valence-electron chi connectivity index (χ4n) is 3.85. The monoisotopic (exact) mass is 351 g/mol. The first-order chi connectivity index (χ1) is 12.6. The minimum atomic E-state index is 0.0375. The van der Waals surface area contributed by atoms with Crippen molar-refractivity contribution in [3.63, 3.8) is 0 Å². The Morgan fingerprint density at radius 2 is 1.88 bits per heavy atom. The predicted octanol–water partition coefficient (Wildman–Crippen LogP) is 3.02. The summed E-state index contributed by atoms with van der Waals surface area (Å²) in [6.07, 6.45) is 1.96. The van der Waals surface area contributed by atoms with Gasteiger partial charge in [0.25, 0.3) is 5.56 Å². The molecule has 0 bridgehead atoms. The van der Waals surface area contributed by atoms with Gasteiger partial charge in [-0.2, -0.15) is 5.10 Å². The van der Waals surface area contributed by atoms with Gasteiger partial charge in [-0.1, -0.05) is 30.3 Å². The summed E-state index contributed by atoms with van der Waals surface area (Å²) in [6.45, 7) is 6.87. The van der Waals surface area contributed by atoms with Crippen LogP contribution in [0.2, 0.25) is 0 Å². The summed E-state index contributed by atoms with van der Waals surface area (Å²) in [5.74, 6) is 0. The van der Waals surface area contributed by atoms with Gasteiger partial charge >= 0.3 is 0 Å². The van der Waals surface area contributed by atoms with Crippen molar-refractivity contribution < 1.29 is 0 Å². The van der Waals surface area contributed by atoms with E-state index in [2.05, 4.69) is 44.5 Å². The number of likely N-dealkylation sites (tertiary alicyclic amines) is 1. The van der Waals surface area contributed by atoms with Crippen molar-refractivity contribution in [3.05, 3.63) is 63.7 Å². The number of aromatic nitrogens is 4. The number of H-pyrrole nitrogens is 2. The van der Waals surface area contributed by atoms with Crippen molar-refractivity contribution >= 4 is 0 Å². The summed E-state index contributed by atoms with van der Waals surface area (Å²) in [7, 11) is 0. The van der Waals surface area contributed by atoms with Crippen molar-refractivity contribution in [2.45, 2.75) is 39.3 Å². The molecule has 0 saturated carbocycles. The summed E-state index contributed by atoms with van der Waals surface area (Å²) in [4.78, 5) is 15.4. The van der Waals surface area contributed by atoms with E-state index in [0.29, 0.717) is 5.56 Å². The van der Waals surface area contributed by atoms with Gasteiger partial charge in [0.1, 0.15) is 0 Å². The smallest absolute Gasteiger partial charge is 0.276 e. The standard InChI is InChI=1S/C20H25N5O/c1-14-12-18(22-21-14)19-15(2)23-25(20(19)26)17-8-10-24(11-9-17)13-16-6-4-3-5-7-16/h3-7,12,17,23H,8-11,13H2,1-2H3,(H,21,22). The Kier molecular flexibility index (Phi) is 4.51. The van der Waals surface area contributed by atoms with Gasteiger partial charge in [0, 0.05) is 31.0 Å². The van der Waals surface area contributed by atoms with Crippen LogP contribution in [0.1, 0.15) is 35.8 Å². The number of aryl methyl sites for hydroxylation is 2. The molecule has 6 heteroatoms.